The molecule has 2 rings (SSSR count). The van der Waals surface area contributed by atoms with Crippen LogP contribution in [0.1, 0.15) is 69.7 Å². The Morgan fingerprint density at radius 1 is 1.24 bits per heavy atom. The molecule has 3 atom stereocenters. The van der Waals surface area contributed by atoms with Crippen LogP contribution >= 0.6 is 0 Å². The first kappa shape index (κ1) is 30.0. The average molecular weight is 523 g/mol. The van der Waals surface area contributed by atoms with Crippen LogP contribution in [0, 0.1) is 10.1 Å². The summed E-state index contributed by atoms with van der Waals surface area (Å²) in [5.41, 5.74) is 0.794. The Labute approximate surface area is 216 Å². The minimum atomic E-state index is -0.894. The predicted molar refractivity (Wildman–Crippen MR) is 136 cm³/mol. The number of carbonyl (C=O) groups is 3. The van der Waals surface area contributed by atoms with E-state index in [0.29, 0.717) is 55.8 Å². The van der Waals surface area contributed by atoms with Crippen molar-refractivity contribution in [1.82, 2.24) is 10.2 Å². The highest BCUT2D eigenvalue weighted by molar-refractivity contribution is 5.99. The molecule has 12 heteroatoms. The predicted octanol–water partition coefficient (Wildman–Crippen LogP) is 2.33. The van der Waals surface area contributed by atoms with Crippen molar-refractivity contribution in [3.8, 4) is 5.75 Å². The first-order valence-corrected chi connectivity index (χ1v) is 12.7. The molecule has 0 aromatic heterocycles. The normalized spacial score (nSPS) is 17.9. The molecule has 0 radical (unpaired) electrons. The Balaban J connectivity index is 1.85. The van der Waals surface area contributed by atoms with Gasteiger partial charge in [0.15, 0.2) is 5.78 Å². The van der Waals surface area contributed by atoms with Gasteiger partial charge in [0.05, 0.1) is 11.6 Å². The summed E-state index contributed by atoms with van der Waals surface area (Å²) in [6.07, 6.45) is 2.38. The highest BCUT2D eigenvalue weighted by atomic mass is 17.0. The zero-order valence-corrected chi connectivity index (χ0v) is 21.7. The van der Waals surface area contributed by atoms with E-state index in [1.165, 1.54) is 13.8 Å². The fraction of sp³-hybridized carbons (Fsp3) is 0.640. The molecule has 1 aliphatic carbocycles. The molecule has 0 heterocycles. The molecule has 0 aliphatic heterocycles. The number of nitrogens with one attached hydrogen (secondary N) is 2. The number of nitrogens with zero attached hydrogens (tertiary/aromatic N) is 2. The highest BCUT2D eigenvalue weighted by Crippen LogP contribution is 2.26. The number of ketones is 1. The van der Waals surface area contributed by atoms with E-state index in [0.717, 1.165) is 12.8 Å². The lowest BCUT2D eigenvalue weighted by molar-refractivity contribution is -0.770. The van der Waals surface area contributed by atoms with Crippen LogP contribution in [0.3, 0.4) is 0 Å². The molecule has 206 valence electrons. The minimum Gasteiger partial charge on any atom is -0.490 e. The van der Waals surface area contributed by atoms with Crippen molar-refractivity contribution in [1.29, 1.82) is 0 Å². The second-order valence-corrected chi connectivity index (χ2v) is 9.17. The van der Waals surface area contributed by atoms with E-state index in [4.69, 9.17) is 9.57 Å². The van der Waals surface area contributed by atoms with Gasteiger partial charge in [-0.2, -0.15) is 0 Å². The molecular weight excluding hydrogens is 484 g/mol. The van der Waals surface area contributed by atoms with Gasteiger partial charge in [-0.05, 0) is 44.4 Å². The molecule has 0 spiro atoms. The Bertz CT molecular complexity index is 941. The van der Waals surface area contributed by atoms with Gasteiger partial charge in [0.2, 0.25) is 11.8 Å². The van der Waals surface area contributed by atoms with Crippen LogP contribution in [0.5, 0.6) is 5.75 Å². The number of rotatable bonds is 15. The molecule has 1 saturated carbocycles. The SMILES string of the molecule is CCCC(=O)Nc1ccc(OCC(O)CNCCN(C(C)=O)C2CCCCC2O[N+](=O)[O-])c(C(C)=O)c1. The van der Waals surface area contributed by atoms with E-state index in [2.05, 4.69) is 10.6 Å². The fourth-order valence-corrected chi connectivity index (χ4v) is 4.40. The van der Waals surface area contributed by atoms with Crippen molar-refractivity contribution < 1.29 is 34.2 Å². The van der Waals surface area contributed by atoms with Crippen LogP contribution < -0.4 is 15.4 Å². The molecule has 3 N–H and O–H groups in total. The molecule has 2 amide bonds. The van der Waals surface area contributed by atoms with Crippen LogP contribution in [0.2, 0.25) is 0 Å². The summed E-state index contributed by atoms with van der Waals surface area (Å²) in [4.78, 5) is 53.4. The molecule has 0 bridgehead atoms. The van der Waals surface area contributed by atoms with Crippen LogP contribution in [0.25, 0.3) is 0 Å². The molecule has 1 fully saturated rings. The van der Waals surface area contributed by atoms with Gasteiger partial charge in [0, 0.05) is 38.7 Å². The van der Waals surface area contributed by atoms with E-state index < -0.39 is 17.3 Å². The molecular formula is C25H38N4O8. The Kier molecular flexibility index (Phi) is 12.2. The topological polar surface area (TPSA) is 160 Å². The quantitative estimate of drug-likeness (QED) is 0.136. The van der Waals surface area contributed by atoms with Gasteiger partial charge < -0.3 is 30.2 Å². The van der Waals surface area contributed by atoms with Gasteiger partial charge >= 0.3 is 0 Å². The van der Waals surface area contributed by atoms with E-state index in [-0.39, 0.29) is 36.8 Å². The van der Waals surface area contributed by atoms with E-state index in [9.17, 15) is 29.6 Å². The second kappa shape index (κ2) is 15.1. The summed E-state index contributed by atoms with van der Waals surface area (Å²) in [7, 11) is 0. The smallest absolute Gasteiger partial charge is 0.294 e. The average Bonchev–Trinajstić information content (AvgIpc) is 2.83. The number of anilines is 1. The summed E-state index contributed by atoms with van der Waals surface area (Å²) in [6, 6.07) is 4.40. The number of hydrogen-bond donors (Lipinski definition) is 3. The summed E-state index contributed by atoms with van der Waals surface area (Å²) < 4.78 is 5.66. The number of aliphatic hydroxyl groups excluding tert-OH is 1. The summed E-state index contributed by atoms with van der Waals surface area (Å²) in [6.45, 7) is 5.49. The Hall–Kier alpha value is -3.25. The van der Waals surface area contributed by atoms with E-state index in [1.54, 1.807) is 23.1 Å². The lowest BCUT2D eigenvalue weighted by Crippen LogP contribution is -2.51. The maximum atomic E-state index is 12.2. The molecule has 0 saturated heterocycles. The lowest BCUT2D eigenvalue weighted by Gasteiger charge is -2.38. The first-order valence-electron chi connectivity index (χ1n) is 12.7. The Morgan fingerprint density at radius 3 is 2.62 bits per heavy atom. The van der Waals surface area contributed by atoms with Crippen LogP contribution in [0.4, 0.5) is 5.69 Å². The van der Waals surface area contributed by atoms with Crippen LogP contribution in [-0.2, 0) is 14.4 Å². The van der Waals surface area contributed by atoms with Crippen molar-refractivity contribution in [3.05, 3.63) is 33.9 Å². The number of carbonyl (C=O) groups excluding carboxylic acids is 3. The number of benzene rings is 1. The van der Waals surface area contributed by atoms with Crippen molar-refractivity contribution in [2.45, 2.75) is 77.5 Å². The maximum absolute atomic E-state index is 12.2. The lowest BCUT2D eigenvalue weighted by atomic mass is 9.91. The third-order valence-corrected chi connectivity index (χ3v) is 6.15. The molecule has 37 heavy (non-hydrogen) atoms. The van der Waals surface area contributed by atoms with Gasteiger partial charge in [-0.1, -0.05) is 19.8 Å². The van der Waals surface area contributed by atoms with Crippen molar-refractivity contribution in [2.24, 2.45) is 0 Å². The third kappa shape index (κ3) is 9.96. The van der Waals surface area contributed by atoms with Gasteiger partial charge in [-0.3, -0.25) is 14.4 Å². The molecule has 1 aromatic carbocycles. The molecule has 3 unspecified atom stereocenters. The van der Waals surface area contributed by atoms with Crippen molar-refractivity contribution >= 4 is 23.3 Å². The zero-order valence-electron chi connectivity index (χ0n) is 21.7. The maximum Gasteiger partial charge on any atom is 0.294 e. The zero-order chi connectivity index (χ0) is 27.4. The van der Waals surface area contributed by atoms with Gasteiger partial charge in [-0.25, -0.2) is 0 Å². The summed E-state index contributed by atoms with van der Waals surface area (Å²) in [5.74, 6) is -0.266. The monoisotopic (exact) mass is 522 g/mol. The van der Waals surface area contributed by atoms with Gasteiger partial charge in [0.1, 0.15) is 24.6 Å². The second-order valence-electron chi connectivity index (χ2n) is 9.17. The van der Waals surface area contributed by atoms with Crippen molar-refractivity contribution in [2.75, 3.05) is 31.6 Å². The standard InChI is InChI=1S/C25H38N4O8/c1-4-7-25(33)27-19-10-11-23(21(14-19)17(2)30)36-16-20(32)15-26-12-13-28(18(3)31)22-8-5-6-9-24(22)37-29(34)35/h10-11,14,20,22,24,26,32H,4-9,12-13,15-16H2,1-3H3,(H,27,33). The fourth-order valence-electron chi connectivity index (χ4n) is 4.40. The number of hydrogen-bond acceptors (Lipinski definition) is 9. The number of aliphatic hydroxyl groups is 1. The molecule has 1 aromatic rings. The summed E-state index contributed by atoms with van der Waals surface area (Å²) >= 11 is 0. The van der Waals surface area contributed by atoms with Crippen LogP contribution in [0.15, 0.2) is 18.2 Å². The number of Topliss-reactive ketones (excluding diaryl/α,β-unsaturated/α-hetero) is 1. The third-order valence-electron chi connectivity index (χ3n) is 6.15. The van der Waals surface area contributed by atoms with Gasteiger partial charge in [0.25, 0.3) is 5.09 Å². The molecule has 12 nitrogen and oxygen atoms in total. The Morgan fingerprint density at radius 2 is 1.97 bits per heavy atom. The number of amides is 2. The highest BCUT2D eigenvalue weighted by Gasteiger charge is 2.34. The minimum absolute atomic E-state index is 0.0768. The van der Waals surface area contributed by atoms with Crippen LogP contribution in [-0.4, -0.2) is 77.2 Å². The first-order chi connectivity index (χ1) is 17.6. The molecule has 1 aliphatic rings. The van der Waals surface area contributed by atoms with E-state index in [1.807, 2.05) is 6.92 Å². The number of ether oxygens (including phenoxy) is 1. The van der Waals surface area contributed by atoms with E-state index >= 15 is 0 Å². The van der Waals surface area contributed by atoms with Gasteiger partial charge in [-0.15, -0.1) is 10.1 Å². The summed E-state index contributed by atoms with van der Waals surface area (Å²) in [5, 5.41) is 26.2. The van der Waals surface area contributed by atoms with Crippen molar-refractivity contribution in [3.63, 3.8) is 0 Å². The largest absolute Gasteiger partial charge is 0.490 e.